The van der Waals surface area contributed by atoms with E-state index in [1.165, 1.54) is 7.11 Å². The molecule has 0 aliphatic carbocycles. The van der Waals surface area contributed by atoms with Gasteiger partial charge in [0.25, 0.3) is 5.91 Å². The van der Waals surface area contributed by atoms with E-state index in [4.69, 9.17) is 14.2 Å². The fourth-order valence-electron chi connectivity index (χ4n) is 3.39. The minimum absolute atomic E-state index is 0.275. The summed E-state index contributed by atoms with van der Waals surface area (Å²) in [7, 11) is 4.62. The number of carbonyl (C=O) groups excluding carboxylic acids is 1. The molecule has 1 aromatic heterocycles. The van der Waals surface area contributed by atoms with Crippen molar-refractivity contribution in [2.24, 2.45) is 0 Å². The van der Waals surface area contributed by atoms with Gasteiger partial charge in [-0.25, -0.2) is 4.68 Å². The van der Waals surface area contributed by atoms with Gasteiger partial charge in [-0.3, -0.25) is 4.79 Å². The first kappa shape index (κ1) is 21.9. The van der Waals surface area contributed by atoms with E-state index in [2.05, 4.69) is 15.4 Å². The first-order chi connectivity index (χ1) is 16.0. The zero-order valence-electron chi connectivity index (χ0n) is 18.8. The minimum Gasteiger partial charge on any atom is -0.497 e. The van der Waals surface area contributed by atoms with Crippen LogP contribution in [0.4, 0.5) is 5.69 Å². The Bertz CT molecular complexity index is 1260. The van der Waals surface area contributed by atoms with E-state index >= 15 is 0 Å². The van der Waals surface area contributed by atoms with Gasteiger partial charge in [0.15, 0.2) is 5.82 Å². The number of anilines is 1. The van der Waals surface area contributed by atoms with Crippen molar-refractivity contribution < 1.29 is 19.0 Å². The number of hydrogen-bond acceptors (Lipinski definition) is 6. The highest BCUT2D eigenvalue weighted by molar-refractivity contribution is 6.04. The van der Waals surface area contributed by atoms with Crippen molar-refractivity contribution in [1.29, 1.82) is 0 Å². The highest BCUT2D eigenvalue weighted by Gasteiger charge is 2.16. The molecule has 0 atom stereocenters. The van der Waals surface area contributed by atoms with Crippen LogP contribution in [0, 0.1) is 6.92 Å². The van der Waals surface area contributed by atoms with Gasteiger partial charge in [0.2, 0.25) is 0 Å². The Labute approximate surface area is 191 Å². The first-order valence-electron chi connectivity index (χ1n) is 10.2. The van der Waals surface area contributed by atoms with Crippen molar-refractivity contribution in [1.82, 2.24) is 14.8 Å². The topological polar surface area (TPSA) is 87.5 Å². The third-order valence-corrected chi connectivity index (χ3v) is 5.14. The van der Waals surface area contributed by atoms with Gasteiger partial charge in [-0.2, -0.15) is 4.98 Å². The molecule has 0 radical (unpaired) electrons. The van der Waals surface area contributed by atoms with Crippen LogP contribution in [0.15, 0.2) is 66.7 Å². The average molecular weight is 444 g/mol. The maximum absolute atomic E-state index is 12.8. The third-order valence-electron chi connectivity index (χ3n) is 5.14. The fourth-order valence-corrected chi connectivity index (χ4v) is 3.39. The predicted octanol–water partition coefficient (Wildman–Crippen LogP) is 4.52. The molecule has 0 bridgehead atoms. The van der Waals surface area contributed by atoms with Crippen LogP contribution in [0.1, 0.15) is 15.9 Å². The van der Waals surface area contributed by atoms with Crippen LogP contribution in [0.25, 0.3) is 17.1 Å². The number of aromatic nitrogens is 3. The second-order valence-corrected chi connectivity index (χ2v) is 7.25. The second kappa shape index (κ2) is 9.44. The van der Waals surface area contributed by atoms with Crippen LogP contribution in [0.5, 0.6) is 17.5 Å². The summed E-state index contributed by atoms with van der Waals surface area (Å²) < 4.78 is 17.5. The van der Waals surface area contributed by atoms with Gasteiger partial charge < -0.3 is 19.5 Å². The van der Waals surface area contributed by atoms with Crippen molar-refractivity contribution in [3.63, 3.8) is 0 Å². The normalized spacial score (nSPS) is 10.5. The molecule has 0 saturated heterocycles. The molecule has 4 rings (SSSR count). The molecule has 1 N–H and O–H groups in total. The monoisotopic (exact) mass is 444 g/mol. The van der Waals surface area contributed by atoms with E-state index in [9.17, 15) is 4.79 Å². The molecule has 1 amide bonds. The van der Waals surface area contributed by atoms with Crippen LogP contribution in [0.2, 0.25) is 0 Å². The number of rotatable bonds is 7. The number of ether oxygens (including phenoxy) is 3. The number of nitrogens with zero attached hydrogens (tertiary/aromatic N) is 3. The highest BCUT2D eigenvalue weighted by atomic mass is 16.5. The van der Waals surface area contributed by atoms with Crippen molar-refractivity contribution in [3.8, 4) is 34.6 Å². The smallest absolute Gasteiger partial charge is 0.336 e. The molecular weight excluding hydrogens is 420 g/mol. The van der Waals surface area contributed by atoms with E-state index in [0.717, 1.165) is 16.8 Å². The van der Waals surface area contributed by atoms with Crippen LogP contribution in [-0.4, -0.2) is 42.0 Å². The van der Waals surface area contributed by atoms with Crippen LogP contribution < -0.4 is 19.5 Å². The van der Waals surface area contributed by atoms with Crippen LogP contribution in [0.3, 0.4) is 0 Å². The van der Waals surface area contributed by atoms with Gasteiger partial charge in [-0.05, 0) is 48.9 Å². The molecule has 0 aliphatic rings. The summed E-state index contributed by atoms with van der Waals surface area (Å²) in [4.78, 5) is 17.3. The lowest BCUT2D eigenvalue weighted by atomic mass is 10.1. The van der Waals surface area contributed by atoms with E-state index in [0.29, 0.717) is 28.6 Å². The van der Waals surface area contributed by atoms with Gasteiger partial charge in [0, 0.05) is 22.9 Å². The van der Waals surface area contributed by atoms with Gasteiger partial charge >= 0.3 is 6.01 Å². The number of aryl methyl sites for hydroxylation is 1. The van der Waals surface area contributed by atoms with Gasteiger partial charge in [0.1, 0.15) is 11.5 Å². The molecule has 3 aromatic carbocycles. The molecule has 4 aromatic rings. The quantitative estimate of drug-likeness (QED) is 0.451. The molecule has 8 nitrogen and oxygen atoms in total. The standard InChI is InChI=1S/C25H24N4O4/c1-16-7-5-6-8-22(16)23-27-25(33-4)28-29(23)19-11-9-18(10-12-19)26-24(30)17-13-20(31-2)15-21(14-17)32-3/h5-15H,1-4H3,(H,26,30). The lowest BCUT2D eigenvalue weighted by Crippen LogP contribution is -2.12. The second-order valence-electron chi connectivity index (χ2n) is 7.25. The molecule has 0 spiro atoms. The maximum Gasteiger partial charge on any atom is 0.336 e. The fraction of sp³-hybridized carbons (Fsp3) is 0.160. The predicted molar refractivity (Wildman–Crippen MR) is 126 cm³/mol. The summed E-state index contributed by atoms with van der Waals surface area (Å²) in [6, 6.07) is 20.6. The Morgan fingerprint density at radius 1 is 0.879 bits per heavy atom. The zero-order chi connectivity index (χ0) is 23.4. The molecule has 0 fully saturated rings. The Hall–Kier alpha value is -4.33. The van der Waals surface area contributed by atoms with Gasteiger partial charge in [0.05, 0.1) is 27.0 Å². The highest BCUT2D eigenvalue weighted by Crippen LogP contribution is 2.27. The Kier molecular flexibility index (Phi) is 6.26. The minimum atomic E-state index is -0.275. The number of nitrogens with one attached hydrogen (secondary N) is 1. The van der Waals surface area contributed by atoms with Crippen LogP contribution in [-0.2, 0) is 0 Å². The zero-order valence-corrected chi connectivity index (χ0v) is 18.8. The summed E-state index contributed by atoms with van der Waals surface area (Å²) >= 11 is 0. The lowest BCUT2D eigenvalue weighted by molar-refractivity contribution is 0.102. The van der Waals surface area contributed by atoms with Crippen molar-refractivity contribution in [2.45, 2.75) is 6.92 Å². The van der Waals surface area contributed by atoms with E-state index in [-0.39, 0.29) is 11.9 Å². The molecule has 1 heterocycles. The van der Waals surface area contributed by atoms with E-state index in [1.807, 2.05) is 43.3 Å². The lowest BCUT2D eigenvalue weighted by Gasteiger charge is -2.11. The average Bonchev–Trinajstić information content (AvgIpc) is 3.28. The molecule has 33 heavy (non-hydrogen) atoms. The van der Waals surface area contributed by atoms with E-state index < -0.39 is 0 Å². The van der Waals surface area contributed by atoms with Gasteiger partial charge in [-0.15, -0.1) is 5.10 Å². The summed E-state index contributed by atoms with van der Waals surface area (Å²) in [6.07, 6.45) is 0. The first-order valence-corrected chi connectivity index (χ1v) is 10.2. The summed E-state index contributed by atoms with van der Waals surface area (Å²) in [6.45, 7) is 2.02. The van der Waals surface area contributed by atoms with Crippen molar-refractivity contribution in [2.75, 3.05) is 26.6 Å². The number of methoxy groups -OCH3 is 3. The molecule has 168 valence electrons. The molecule has 8 heteroatoms. The Balaban J connectivity index is 1.60. The maximum atomic E-state index is 12.8. The van der Waals surface area contributed by atoms with Gasteiger partial charge in [-0.1, -0.05) is 24.3 Å². The van der Waals surface area contributed by atoms with Crippen molar-refractivity contribution in [3.05, 3.63) is 77.9 Å². The molecule has 0 saturated carbocycles. The SMILES string of the molecule is COc1cc(OC)cc(C(=O)Nc2ccc(-n3nc(OC)nc3-c3ccccc3C)cc2)c1. The number of amides is 1. The summed E-state index contributed by atoms with van der Waals surface area (Å²) in [5.74, 6) is 1.48. The number of carbonyl (C=O) groups is 1. The Morgan fingerprint density at radius 3 is 2.15 bits per heavy atom. The third kappa shape index (κ3) is 4.64. The van der Waals surface area contributed by atoms with Crippen LogP contribution >= 0.6 is 0 Å². The molecule has 0 unspecified atom stereocenters. The molecule has 0 aliphatic heterocycles. The number of hydrogen-bond donors (Lipinski definition) is 1. The number of benzene rings is 3. The van der Waals surface area contributed by atoms with Crippen molar-refractivity contribution >= 4 is 11.6 Å². The summed E-state index contributed by atoms with van der Waals surface area (Å²) in [5.41, 5.74) is 3.88. The molecular formula is C25H24N4O4. The largest absolute Gasteiger partial charge is 0.497 e. The summed E-state index contributed by atoms with van der Waals surface area (Å²) in [5, 5.41) is 7.35. The Morgan fingerprint density at radius 2 is 1.55 bits per heavy atom. The van der Waals surface area contributed by atoms with E-state index in [1.54, 1.807) is 49.2 Å².